The Morgan fingerprint density at radius 1 is 0.789 bits per heavy atom. The number of rotatable bonds is 13. The Kier molecular flexibility index (Phi) is 16.7. The third-order valence-electron chi connectivity index (χ3n) is 2.64. The molecule has 0 aromatic carbocycles. The number of hydrogen-bond donors (Lipinski definition) is 1. The highest BCUT2D eigenvalue weighted by molar-refractivity contribution is 6.60. The van der Waals surface area contributed by atoms with Crippen LogP contribution in [0.2, 0.25) is 6.04 Å². The molecule has 0 aromatic heterocycles. The van der Waals surface area contributed by atoms with Crippen LogP contribution in [0.1, 0.15) is 47.0 Å². The fourth-order valence-electron chi connectivity index (χ4n) is 1.86. The lowest BCUT2D eigenvalue weighted by molar-refractivity contribution is 0.0708. The van der Waals surface area contributed by atoms with E-state index in [1.165, 1.54) is 12.8 Å². The van der Waals surface area contributed by atoms with Crippen molar-refractivity contribution in [2.45, 2.75) is 53.0 Å². The zero-order chi connectivity index (χ0) is 13.7. The van der Waals surface area contributed by atoms with Crippen molar-refractivity contribution in [2.24, 2.45) is 0 Å². The van der Waals surface area contributed by atoms with Crippen LogP contribution in [0.25, 0.3) is 0 Å². The van der Waals surface area contributed by atoms with Crippen molar-refractivity contribution < 1.29 is 13.3 Å². The van der Waals surface area contributed by atoms with E-state index in [1.807, 2.05) is 20.8 Å². The molecule has 0 unspecified atom stereocenters. The monoisotopic (exact) mass is 309 g/mol. The lowest BCUT2D eigenvalue weighted by Crippen LogP contribution is -2.46. The lowest BCUT2D eigenvalue weighted by Gasteiger charge is -2.28. The second-order valence-electron chi connectivity index (χ2n) is 4.19. The summed E-state index contributed by atoms with van der Waals surface area (Å²) in [6.07, 6.45) is 3.53. The van der Waals surface area contributed by atoms with Gasteiger partial charge in [0, 0.05) is 25.9 Å². The molecule has 1 N–H and O–H groups in total. The van der Waals surface area contributed by atoms with Gasteiger partial charge in [0.2, 0.25) is 0 Å². The summed E-state index contributed by atoms with van der Waals surface area (Å²) in [6.45, 7) is 12.3. The molecule has 0 saturated heterocycles. The van der Waals surface area contributed by atoms with Crippen molar-refractivity contribution in [2.75, 3.05) is 32.9 Å². The van der Waals surface area contributed by atoms with Crippen molar-refractivity contribution in [3.8, 4) is 0 Å². The lowest BCUT2D eigenvalue weighted by atomic mass is 10.3. The number of unbranched alkanes of at least 4 members (excludes halogenated alkanes) is 1. The van der Waals surface area contributed by atoms with Gasteiger partial charge in [-0.2, -0.15) is 0 Å². The van der Waals surface area contributed by atoms with Gasteiger partial charge >= 0.3 is 8.80 Å². The summed E-state index contributed by atoms with van der Waals surface area (Å²) in [7, 11) is -2.40. The molecule has 0 aliphatic rings. The predicted molar refractivity (Wildman–Crippen MR) is 89.2 cm³/mol. The largest absolute Gasteiger partial charge is 0.500 e. The summed E-state index contributed by atoms with van der Waals surface area (Å²) in [5.41, 5.74) is 0. The molecule has 0 aromatic rings. The zero-order valence-corrected chi connectivity index (χ0v) is 13.6. The molecular formula is C13H35NO3Si2. The first kappa shape index (κ1) is 21.6. The third kappa shape index (κ3) is 10.7. The molecule has 0 fully saturated rings. The van der Waals surface area contributed by atoms with Crippen molar-refractivity contribution >= 4 is 19.8 Å². The highest BCUT2D eigenvalue weighted by Gasteiger charge is 2.39. The third-order valence-corrected chi connectivity index (χ3v) is 5.79. The summed E-state index contributed by atoms with van der Waals surface area (Å²) in [6, 6.07) is 0.904. The normalized spacial score (nSPS) is 11.4. The average molecular weight is 310 g/mol. The fraction of sp³-hybridized carbons (Fsp3) is 1.00. The van der Waals surface area contributed by atoms with Gasteiger partial charge in [0.05, 0.1) is 0 Å². The molecule has 0 bridgehead atoms. The molecule has 0 aliphatic heterocycles. The second kappa shape index (κ2) is 14.7. The van der Waals surface area contributed by atoms with Gasteiger partial charge in [-0.1, -0.05) is 13.3 Å². The van der Waals surface area contributed by atoms with Gasteiger partial charge in [-0.3, -0.25) is 0 Å². The maximum atomic E-state index is 5.80. The van der Waals surface area contributed by atoms with E-state index in [4.69, 9.17) is 13.3 Å². The Morgan fingerprint density at radius 2 is 1.26 bits per heavy atom. The molecule has 118 valence electrons. The Hall–Kier alpha value is 0.274. The van der Waals surface area contributed by atoms with Crippen LogP contribution in [0.5, 0.6) is 0 Å². The van der Waals surface area contributed by atoms with Gasteiger partial charge in [-0.15, -0.1) is 0 Å². The Balaban J connectivity index is 0. The van der Waals surface area contributed by atoms with Crippen molar-refractivity contribution in [1.82, 2.24) is 5.32 Å². The summed E-state index contributed by atoms with van der Waals surface area (Å²) in [5.74, 6) is 0. The van der Waals surface area contributed by atoms with E-state index in [0.717, 1.165) is 25.6 Å². The fourth-order valence-corrected chi connectivity index (χ4v) is 4.47. The van der Waals surface area contributed by atoms with Gasteiger partial charge in [-0.05, 0) is 57.7 Å². The molecule has 0 aliphatic carbocycles. The van der Waals surface area contributed by atoms with E-state index >= 15 is 0 Å². The maximum absolute atomic E-state index is 5.80. The molecule has 0 saturated carbocycles. The van der Waals surface area contributed by atoms with Crippen LogP contribution in [0.3, 0.4) is 0 Å². The minimum Gasteiger partial charge on any atom is -0.374 e. The molecule has 0 radical (unpaired) electrons. The summed E-state index contributed by atoms with van der Waals surface area (Å²) in [4.78, 5) is 0. The van der Waals surface area contributed by atoms with Crippen molar-refractivity contribution in [1.29, 1.82) is 0 Å². The first-order valence-electron chi connectivity index (χ1n) is 7.37. The molecular weight excluding hydrogens is 274 g/mol. The highest BCUT2D eigenvalue weighted by Crippen LogP contribution is 2.17. The Morgan fingerprint density at radius 3 is 1.68 bits per heavy atom. The molecule has 0 atom stereocenters. The van der Waals surface area contributed by atoms with Gasteiger partial charge < -0.3 is 18.6 Å². The molecule has 0 spiro atoms. The molecule has 0 heterocycles. The molecule has 19 heavy (non-hydrogen) atoms. The maximum Gasteiger partial charge on any atom is 0.500 e. The van der Waals surface area contributed by atoms with E-state index in [1.54, 1.807) is 0 Å². The van der Waals surface area contributed by atoms with Crippen molar-refractivity contribution in [3.05, 3.63) is 0 Å². The number of nitrogens with one attached hydrogen (secondary N) is 1. The average Bonchev–Trinajstić information content (AvgIpc) is 2.35. The van der Waals surface area contributed by atoms with Crippen molar-refractivity contribution in [3.63, 3.8) is 0 Å². The minimum atomic E-state index is -2.40. The first-order valence-corrected chi connectivity index (χ1v) is 9.30. The van der Waals surface area contributed by atoms with E-state index in [0.29, 0.717) is 19.8 Å². The van der Waals surface area contributed by atoms with E-state index in [-0.39, 0.29) is 11.0 Å². The zero-order valence-electron chi connectivity index (χ0n) is 12.6. The van der Waals surface area contributed by atoms with Crippen LogP contribution in [0.15, 0.2) is 0 Å². The topological polar surface area (TPSA) is 39.7 Å². The summed E-state index contributed by atoms with van der Waals surface area (Å²) in [5, 5.41) is 3.44. The van der Waals surface area contributed by atoms with Crippen LogP contribution in [0.4, 0.5) is 0 Å². The van der Waals surface area contributed by atoms with Gasteiger partial charge in [0.25, 0.3) is 0 Å². The van der Waals surface area contributed by atoms with Gasteiger partial charge in [-0.25, -0.2) is 0 Å². The highest BCUT2D eigenvalue weighted by atomic mass is 28.4. The first-order chi connectivity index (χ1) is 8.74. The molecule has 6 heteroatoms. The Bertz CT molecular complexity index is 168. The van der Waals surface area contributed by atoms with Gasteiger partial charge in [0.15, 0.2) is 0 Å². The number of hydrogen-bond acceptors (Lipinski definition) is 4. The quantitative estimate of drug-likeness (QED) is 0.412. The minimum absolute atomic E-state index is 0. The summed E-state index contributed by atoms with van der Waals surface area (Å²) < 4.78 is 17.4. The van der Waals surface area contributed by atoms with E-state index in [9.17, 15) is 0 Å². The molecule has 0 rings (SSSR count). The van der Waals surface area contributed by atoms with Crippen LogP contribution in [-0.2, 0) is 13.3 Å². The van der Waals surface area contributed by atoms with Crippen LogP contribution < -0.4 is 5.32 Å². The summed E-state index contributed by atoms with van der Waals surface area (Å²) >= 11 is 0. The molecule has 0 amide bonds. The second-order valence-corrected chi connectivity index (χ2v) is 6.92. The predicted octanol–water partition coefficient (Wildman–Crippen LogP) is 1.36. The van der Waals surface area contributed by atoms with Crippen LogP contribution in [0, 0.1) is 0 Å². The smallest absolute Gasteiger partial charge is 0.374 e. The molecule has 4 nitrogen and oxygen atoms in total. The standard InChI is InChI=1S/C13H31NO3Si.H4Si/c1-5-9-11-14-12-10-13-18(15-6-2,16-7-3)17-8-4;/h14H,5-13H2,1-4H3;1H4. The van der Waals surface area contributed by atoms with Crippen LogP contribution in [-0.4, -0.2) is 52.7 Å². The van der Waals surface area contributed by atoms with E-state index in [2.05, 4.69) is 12.2 Å². The SMILES string of the molecule is CCCCNCCC[Si](OCC)(OCC)OCC.[SiH4]. The Labute approximate surface area is 125 Å². The van der Waals surface area contributed by atoms with E-state index < -0.39 is 8.80 Å². The van der Waals surface area contributed by atoms with Crippen LogP contribution >= 0.6 is 0 Å². The van der Waals surface area contributed by atoms with Gasteiger partial charge in [0.1, 0.15) is 0 Å².